The van der Waals surface area contributed by atoms with Gasteiger partial charge in [0.2, 0.25) is 0 Å². The lowest BCUT2D eigenvalue weighted by Gasteiger charge is -2.18. The fourth-order valence-corrected chi connectivity index (χ4v) is 5.19. The molecule has 2 unspecified atom stereocenters. The van der Waals surface area contributed by atoms with E-state index in [1.165, 1.54) is 17.7 Å². The summed E-state index contributed by atoms with van der Waals surface area (Å²) in [6.07, 6.45) is 3.11. The summed E-state index contributed by atoms with van der Waals surface area (Å²) in [5.74, 6) is 1.58. The van der Waals surface area contributed by atoms with Crippen molar-refractivity contribution in [1.82, 2.24) is 10.6 Å². The molecule has 3 rings (SSSR count). The SMILES string of the molecule is CC(NC(=NCC1CCS(=O)(=O)C1)NC1CC1)c1cccs1. The molecule has 2 atom stereocenters. The molecule has 5 nitrogen and oxygen atoms in total. The zero-order valence-electron chi connectivity index (χ0n) is 12.8. The van der Waals surface area contributed by atoms with E-state index in [9.17, 15) is 8.42 Å². The number of guanidine groups is 1. The largest absolute Gasteiger partial charge is 0.354 e. The van der Waals surface area contributed by atoms with Gasteiger partial charge in [0.05, 0.1) is 17.5 Å². The van der Waals surface area contributed by atoms with Crippen LogP contribution in [0.25, 0.3) is 0 Å². The van der Waals surface area contributed by atoms with E-state index in [1.54, 1.807) is 11.3 Å². The molecule has 0 spiro atoms. The summed E-state index contributed by atoms with van der Waals surface area (Å²) in [5.41, 5.74) is 0. The summed E-state index contributed by atoms with van der Waals surface area (Å²) >= 11 is 1.73. The molecule has 0 bridgehead atoms. The Hall–Kier alpha value is -1.08. The molecule has 2 aliphatic rings. The van der Waals surface area contributed by atoms with Crippen molar-refractivity contribution in [3.05, 3.63) is 22.4 Å². The van der Waals surface area contributed by atoms with Crippen molar-refractivity contribution < 1.29 is 8.42 Å². The molecule has 7 heteroatoms. The van der Waals surface area contributed by atoms with Gasteiger partial charge in [-0.05, 0) is 43.6 Å². The minimum absolute atomic E-state index is 0.167. The monoisotopic (exact) mass is 341 g/mol. The van der Waals surface area contributed by atoms with E-state index in [4.69, 9.17) is 0 Å². The van der Waals surface area contributed by atoms with Crippen molar-refractivity contribution in [2.45, 2.75) is 38.3 Å². The van der Waals surface area contributed by atoms with E-state index in [0.29, 0.717) is 18.3 Å². The maximum Gasteiger partial charge on any atom is 0.191 e. The Morgan fingerprint density at radius 2 is 2.27 bits per heavy atom. The van der Waals surface area contributed by atoms with Crippen molar-refractivity contribution in [1.29, 1.82) is 0 Å². The normalized spacial score (nSPS) is 25.9. The molecule has 2 fully saturated rings. The molecular formula is C15H23N3O2S2. The van der Waals surface area contributed by atoms with E-state index in [1.807, 2.05) is 6.07 Å². The molecule has 1 aromatic heterocycles. The average molecular weight is 342 g/mol. The Bertz CT molecular complexity index is 621. The van der Waals surface area contributed by atoms with Gasteiger partial charge in [-0.3, -0.25) is 4.99 Å². The maximum absolute atomic E-state index is 11.5. The first kappa shape index (κ1) is 15.8. The predicted molar refractivity (Wildman–Crippen MR) is 91.1 cm³/mol. The second-order valence-corrected chi connectivity index (χ2v) is 9.47. The highest BCUT2D eigenvalue weighted by Crippen LogP contribution is 2.22. The topological polar surface area (TPSA) is 70.6 Å². The van der Waals surface area contributed by atoms with Gasteiger partial charge in [-0.25, -0.2) is 8.42 Å². The number of hydrogen-bond acceptors (Lipinski definition) is 4. The lowest BCUT2D eigenvalue weighted by molar-refractivity contribution is 0.587. The van der Waals surface area contributed by atoms with E-state index in [-0.39, 0.29) is 17.7 Å². The quantitative estimate of drug-likeness (QED) is 0.634. The number of sulfone groups is 1. The fraction of sp³-hybridized carbons (Fsp3) is 0.667. The number of hydrogen-bond donors (Lipinski definition) is 2. The van der Waals surface area contributed by atoms with Crippen LogP contribution in [0.4, 0.5) is 0 Å². The van der Waals surface area contributed by atoms with Crippen molar-refractivity contribution in [3.8, 4) is 0 Å². The highest BCUT2D eigenvalue weighted by molar-refractivity contribution is 7.91. The minimum atomic E-state index is -2.82. The molecule has 1 aliphatic heterocycles. The van der Waals surface area contributed by atoms with Gasteiger partial charge in [-0.1, -0.05) is 6.07 Å². The smallest absolute Gasteiger partial charge is 0.191 e. The highest BCUT2D eigenvalue weighted by Gasteiger charge is 2.28. The van der Waals surface area contributed by atoms with Crippen LogP contribution in [0.2, 0.25) is 0 Å². The van der Waals surface area contributed by atoms with Gasteiger partial charge < -0.3 is 10.6 Å². The standard InChI is InChI=1S/C15H23N3O2S2/c1-11(14-3-2-7-21-14)17-15(18-13-4-5-13)16-9-12-6-8-22(19,20)10-12/h2-3,7,11-13H,4-6,8-10H2,1H3,(H2,16,17,18). The second-order valence-electron chi connectivity index (χ2n) is 6.26. The van der Waals surface area contributed by atoms with Crippen molar-refractivity contribution in [2.75, 3.05) is 18.1 Å². The number of thiophene rings is 1. The van der Waals surface area contributed by atoms with Gasteiger partial charge in [-0.15, -0.1) is 11.3 Å². The third kappa shape index (κ3) is 4.46. The Balaban J connectivity index is 1.60. The summed E-state index contributed by atoms with van der Waals surface area (Å²) in [4.78, 5) is 5.91. The summed E-state index contributed by atoms with van der Waals surface area (Å²) in [6.45, 7) is 2.70. The summed E-state index contributed by atoms with van der Waals surface area (Å²) in [5, 5.41) is 8.93. The van der Waals surface area contributed by atoms with E-state index in [2.05, 4.69) is 34.0 Å². The maximum atomic E-state index is 11.5. The third-order valence-corrected chi connectivity index (χ3v) is 6.97. The van der Waals surface area contributed by atoms with Gasteiger partial charge in [0.15, 0.2) is 15.8 Å². The van der Waals surface area contributed by atoms with Gasteiger partial charge in [0.1, 0.15) is 0 Å². The Kier molecular flexibility index (Phi) is 4.73. The van der Waals surface area contributed by atoms with Crippen molar-refractivity contribution >= 4 is 27.1 Å². The molecule has 0 radical (unpaired) electrons. The second kappa shape index (κ2) is 6.58. The minimum Gasteiger partial charge on any atom is -0.354 e. The molecule has 22 heavy (non-hydrogen) atoms. The van der Waals surface area contributed by atoms with E-state index >= 15 is 0 Å². The Labute approximate surface area is 136 Å². The summed E-state index contributed by atoms with van der Waals surface area (Å²) < 4.78 is 23.1. The first-order chi connectivity index (χ1) is 10.5. The zero-order valence-corrected chi connectivity index (χ0v) is 14.4. The molecular weight excluding hydrogens is 318 g/mol. The predicted octanol–water partition coefficient (Wildman–Crippen LogP) is 1.94. The van der Waals surface area contributed by atoms with Gasteiger partial charge in [0, 0.05) is 17.5 Å². The fourth-order valence-electron chi connectivity index (χ4n) is 2.60. The Morgan fingerprint density at radius 3 is 2.86 bits per heavy atom. The third-order valence-electron chi connectivity index (χ3n) is 4.08. The lowest BCUT2D eigenvalue weighted by Crippen LogP contribution is -2.40. The molecule has 1 aliphatic carbocycles. The first-order valence-electron chi connectivity index (χ1n) is 7.83. The number of nitrogens with one attached hydrogen (secondary N) is 2. The molecule has 1 saturated carbocycles. The van der Waals surface area contributed by atoms with Crippen LogP contribution in [0.15, 0.2) is 22.5 Å². The molecule has 1 saturated heterocycles. The van der Waals surface area contributed by atoms with Crippen LogP contribution in [0.3, 0.4) is 0 Å². The first-order valence-corrected chi connectivity index (χ1v) is 10.5. The number of rotatable bonds is 5. The van der Waals surface area contributed by atoms with Crippen LogP contribution >= 0.6 is 11.3 Å². The molecule has 2 N–H and O–H groups in total. The highest BCUT2D eigenvalue weighted by atomic mass is 32.2. The Morgan fingerprint density at radius 1 is 1.45 bits per heavy atom. The summed E-state index contributed by atoms with van der Waals surface area (Å²) in [6, 6.07) is 4.89. The molecule has 0 amide bonds. The van der Waals surface area contributed by atoms with Crippen molar-refractivity contribution in [2.24, 2.45) is 10.9 Å². The van der Waals surface area contributed by atoms with Crippen LogP contribution in [-0.2, 0) is 9.84 Å². The van der Waals surface area contributed by atoms with Gasteiger partial charge in [-0.2, -0.15) is 0 Å². The molecule has 122 valence electrons. The van der Waals surface area contributed by atoms with Crippen LogP contribution < -0.4 is 10.6 Å². The van der Waals surface area contributed by atoms with Crippen LogP contribution in [0, 0.1) is 5.92 Å². The van der Waals surface area contributed by atoms with Crippen LogP contribution in [0.5, 0.6) is 0 Å². The molecule has 2 heterocycles. The zero-order chi connectivity index (χ0) is 15.6. The average Bonchev–Trinajstić information content (AvgIpc) is 2.99. The lowest BCUT2D eigenvalue weighted by atomic mass is 10.1. The van der Waals surface area contributed by atoms with Gasteiger partial charge in [0.25, 0.3) is 0 Å². The van der Waals surface area contributed by atoms with Crippen molar-refractivity contribution in [3.63, 3.8) is 0 Å². The molecule has 1 aromatic rings. The van der Waals surface area contributed by atoms with Crippen LogP contribution in [-0.4, -0.2) is 38.5 Å². The van der Waals surface area contributed by atoms with Crippen LogP contribution in [0.1, 0.15) is 37.1 Å². The van der Waals surface area contributed by atoms with Gasteiger partial charge >= 0.3 is 0 Å². The number of aliphatic imine (C=N–C) groups is 1. The number of nitrogens with zero attached hydrogens (tertiary/aromatic N) is 1. The van der Waals surface area contributed by atoms with E-state index < -0.39 is 9.84 Å². The summed E-state index contributed by atoms with van der Waals surface area (Å²) in [7, 11) is -2.82. The molecule has 0 aromatic carbocycles. The van der Waals surface area contributed by atoms with E-state index in [0.717, 1.165) is 12.4 Å².